The van der Waals surface area contributed by atoms with Gasteiger partial charge in [-0.1, -0.05) is 28.1 Å². The number of amides is 1. The van der Waals surface area contributed by atoms with E-state index in [0.29, 0.717) is 5.95 Å². The Balaban J connectivity index is 1.78. The molecule has 1 fully saturated rings. The Hall–Kier alpha value is -2.15. The minimum absolute atomic E-state index is 0.0961. The number of likely N-dealkylation sites (tertiary alicyclic amines) is 1. The van der Waals surface area contributed by atoms with Crippen LogP contribution in [-0.2, 0) is 4.79 Å². The van der Waals surface area contributed by atoms with Crippen LogP contribution in [0.2, 0.25) is 0 Å². The van der Waals surface area contributed by atoms with Crippen LogP contribution in [0.25, 0.3) is 0 Å². The Morgan fingerprint density at radius 1 is 1.20 bits per heavy atom. The maximum atomic E-state index is 13.3. The summed E-state index contributed by atoms with van der Waals surface area (Å²) in [4.78, 5) is 19.6. The van der Waals surface area contributed by atoms with Gasteiger partial charge in [0.15, 0.2) is 0 Å². The summed E-state index contributed by atoms with van der Waals surface area (Å²) in [6.45, 7) is 3.60. The zero-order valence-corrected chi connectivity index (χ0v) is 15.7. The molecule has 2 aliphatic heterocycles. The third kappa shape index (κ3) is 2.97. The van der Waals surface area contributed by atoms with E-state index in [-0.39, 0.29) is 11.9 Å². The number of aromatic nitrogens is 3. The standard InChI is InChI=1S/C18H20BrN5O/c1-12-15(17(25)23-9-3-2-4-10-23)16(13-5-7-14(19)8-6-13)24-18(22-12)20-11-21-24/h5-8,11,16H,2-4,9-10H2,1H3,(H,20,21,22). The van der Waals surface area contributed by atoms with E-state index < -0.39 is 0 Å². The van der Waals surface area contributed by atoms with Crippen molar-refractivity contribution in [1.82, 2.24) is 19.7 Å². The van der Waals surface area contributed by atoms with Crippen LogP contribution in [0.1, 0.15) is 37.8 Å². The maximum absolute atomic E-state index is 13.3. The topological polar surface area (TPSA) is 63.1 Å². The average molecular weight is 402 g/mol. The van der Waals surface area contributed by atoms with Crippen molar-refractivity contribution in [1.29, 1.82) is 0 Å². The lowest BCUT2D eigenvalue weighted by atomic mass is 9.94. The lowest BCUT2D eigenvalue weighted by Gasteiger charge is -2.34. The fraction of sp³-hybridized carbons (Fsp3) is 0.389. The molecule has 3 heterocycles. The van der Waals surface area contributed by atoms with Gasteiger partial charge in [-0.05, 0) is 43.9 Å². The number of hydrogen-bond acceptors (Lipinski definition) is 4. The molecule has 1 atom stereocenters. The third-order valence-corrected chi connectivity index (χ3v) is 5.38. The van der Waals surface area contributed by atoms with Gasteiger partial charge in [-0.2, -0.15) is 10.1 Å². The van der Waals surface area contributed by atoms with E-state index in [1.807, 2.05) is 36.1 Å². The minimum Gasteiger partial charge on any atom is -0.339 e. The van der Waals surface area contributed by atoms with Crippen LogP contribution in [-0.4, -0.2) is 38.7 Å². The zero-order chi connectivity index (χ0) is 17.4. The van der Waals surface area contributed by atoms with E-state index in [1.54, 1.807) is 4.68 Å². The van der Waals surface area contributed by atoms with Crippen molar-refractivity contribution in [3.63, 3.8) is 0 Å². The summed E-state index contributed by atoms with van der Waals surface area (Å²) in [6, 6.07) is 7.78. The van der Waals surface area contributed by atoms with Crippen LogP contribution >= 0.6 is 15.9 Å². The fourth-order valence-corrected chi connectivity index (χ4v) is 3.85. The second-order valence-electron chi connectivity index (χ2n) is 6.50. The number of hydrogen-bond donors (Lipinski definition) is 1. The first-order chi connectivity index (χ1) is 12.1. The van der Waals surface area contributed by atoms with Crippen LogP contribution < -0.4 is 5.32 Å². The smallest absolute Gasteiger partial charge is 0.254 e. The molecule has 1 aromatic carbocycles. The minimum atomic E-state index is -0.263. The van der Waals surface area contributed by atoms with E-state index in [0.717, 1.165) is 47.2 Å². The van der Waals surface area contributed by atoms with Crippen molar-refractivity contribution >= 4 is 27.8 Å². The van der Waals surface area contributed by atoms with Gasteiger partial charge in [0.05, 0.1) is 5.57 Å². The summed E-state index contributed by atoms with van der Waals surface area (Å²) >= 11 is 3.48. The first kappa shape index (κ1) is 16.3. The highest BCUT2D eigenvalue weighted by molar-refractivity contribution is 9.10. The molecule has 2 aliphatic rings. The second kappa shape index (κ2) is 6.63. The van der Waals surface area contributed by atoms with E-state index in [2.05, 4.69) is 31.3 Å². The Bertz CT molecular complexity index is 820. The molecular weight excluding hydrogens is 382 g/mol. The maximum Gasteiger partial charge on any atom is 0.254 e. The fourth-order valence-electron chi connectivity index (χ4n) is 3.59. The molecule has 2 aromatic rings. The molecule has 7 heteroatoms. The number of carbonyl (C=O) groups excluding carboxylic acids is 1. The number of halogens is 1. The number of fused-ring (bicyclic) bond motifs is 1. The SMILES string of the molecule is CC1=C(C(=O)N2CCCCC2)C(c2ccc(Br)cc2)n2ncnc2N1. The number of rotatable bonds is 2. The summed E-state index contributed by atoms with van der Waals surface area (Å²) in [5, 5.41) is 7.61. The second-order valence-corrected chi connectivity index (χ2v) is 7.41. The van der Waals surface area contributed by atoms with Crippen molar-refractivity contribution < 1.29 is 4.79 Å². The van der Waals surface area contributed by atoms with Gasteiger partial charge in [0.1, 0.15) is 12.4 Å². The van der Waals surface area contributed by atoms with Crippen molar-refractivity contribution in [2.45, 2.75) is 32.2 Å². The highest BCUT2D eigenvalue weighted by Crippen LogP contribution is 2.36. The summed E-state index contributed by atoms with van der Waals surface area (Å²) in [5.41, 5.74) is 2.63. The summed E-state index contributed by atoms with van der Waals surface area (Å²) < 4.78 is 2.81. The van der Waals surface area contributed by atoms with Gasteiger partial charge in [-0.3, -0.25) is 4.79 Å². The van der Waals surface area contributed by atoms with E-state index in [9.17, 15) is 4.79 Å². The van der Waals surface area contributed by atoms with Gasteiger partial charge >= 0.3 is 0 Å². The number of nitrogens with one attached hydrogen (secondary N) is 1. The summed E-state index contributed by atoms with van der Waals surface area (Å²) in [5.74, 6) is 0.763. The first-order valence-corrected chi connectivity index (χ1v) is 9.36. The molecule has 4 rings (SSSR count). The predicted octanol–water partition coefficient (Wildman–Crippen LogP) is 3.34. The molecule has 1 amide bonds. The Kier molecular flexibility index (Phi) is 4.33. The van der Waals surface area contributed by atoms with E-state index in [4.69, 9.17) is 0 Å². The first-order valence-electron chi connectivity index (χ1n) is 8.57. The largest absolute Gasteiger partial charge is 0.339 e. The lowest BCUT2D eigenvalue weighted by molar-refractivity contribution is -0.128. The highest BCUT2D eigenvalue weighted by atomic mass is 79.9. The van der Waals surface area contributed by atoms with Crippen LogP contribution in [0.5, 0.6) is 0 Å². The molecule has 0 spiro atoms. The van der Waals surface area contributed by atoms with E-state index in [1.165, 1.54) is 12.7 Å². The number of benzene rings is 1. The molecule has 0 bridgehead atoms. The molecule has 1 aromatic heterocycles. The molecule has 130 valence electrons. The molecule has 1 saturated heterocycles. The Morgan fingerprint density at radius 3 is 2.64 bits per heavy atom. The van der Waals surface area contributed by atoms with Crippen molar-refractivity contribution in [3.05, 3.63) is 51.9 Å². The monoisotopic (exact) mass is 401 g/mol. The number of carbonyl (C=O) groups is 1. The van der Waals surface area contributed by atoms with Crippen molar-refractivity contribution in [2.75, 3.05) is 18.4 Å². The lowest BCUT2D eigenvalue weighted by Crippen LogP contribution is -2.40. The molecule has 1 N–H and O–H groups in total. The molecule has 25 heavy (non-hydrogen) atoms. The van der Waals surface area contributed by atoms with Crippen LogP contribution in [0.4, 0.5) is 5.95 Å². The summed E-state index contributed by atoms with van der Waals surface area (Å²) in [6.07, 6.45) is 4.87. The molecule has 0 saturated carbocycles. The zero-order valence-electron chi connectivity index (χ0n) is 14.1. The molecular formula is C18H20BrN5O. The highest BCUT2D eigenvalue weighted by Gasteiger charge is 2.35. The third-order valence-electron chi connectivity index (χ3n) is 4.85. The van der Waals surface area contributed by atoms with Gasteiger partial charge in [-0.15, -0.1) is 0 Å². The van der Waals surface area contributed by atoms with Crippen LogP contribution in [0.15, 0.2) is 46.3 Å². The molecule has 0 aliphatic carbocycles. The Labute approximate surface area is 155 Å². The molecule has 0 radical (unpaired) electrons. The van der Waals surface area contributed by atoms with E-state index >= 15 is 0 Å². The number of piperidine rings is 1. The van der Waals surface area contributed by atoms with Crippen LogP contribution in [0, 0.1) is 0 Å². The van der Waals surface area contributed by atoms with Gasteiger partial charge in [0.2, 0.25) is 5.95 Å². The van der Waals surface area contributed by atoms with Crippen molar-refractivity contribution in [3.8, 4) is 0 Å². The van der Waals surface area contributed by atoms with Gasteiger partial charge in [0.25, 0.3) is 5.91 Å². The normalized spacial score (nSPS) is 20.2. The average Bonchev–Trinajstić information content (AvgIpc) is 3.09. The number of anilines is 1. The quantitative estimate of drug-likeness (QED) is 0.837. The van der Waals surface area contributed by atoms with Gasteiger partial charge in [-0.25, -0.2) is 4.68 Å². The van der Waals surface area contributed by atoms with Gasteiger partial charge < -0.3 is 10.2 Å². The number of nitrogens with zero attached hydrogens (tertiary/aromatic N) is 4. The Morgan fingerprint density at radius 2 is 1.92 bits per heavy atom. The predicted molar refractivity (Wildman–Crippen MR) is 99.1 cm³/mol. The van der Waals surface area contributed by atoms with Gasteiger partial charge in [0, 0.05) is 23.3 Å². The summed E-state index contributed by atoms with van der Waals surface area (Å²) in [7, 11) is 0. The molecule has 1 unspecified atom stereocenters. The number of allylic oxidation sites excluding steroid dienone is 1. The van der Waals surface area contributed by atoms with Crippen LogP contribution in [0.3, 0.4) is 0 Å². The molecule has 6 nitrogen and oxygen atoms in total. The van der Waals surface area contributed by atoms with Crippen molar-refractivity contribution in [2.24, 2.45) is 0 Å².